The largest absolute Gasteiger partial charge is 0.507 e. The molecule has 0 unspecified atom stereocenters. The van der Waals surface area contributed by atoms with E-state index in [0.717, 1.165) is 0 Å². The van der Waals surface area contributed by atoms with Crippen molar-refractivity contribution in [2.45, 2.75) is 0 Å². The van der Waals surface area contributed by atoms with E-state index in [4.69, 9.17) is 21.1 Å². The molecule has 6 nitrogen and oxygen atoms in total. The fraction of sp³-hybridized carbons (Fsp3) is 0.125. The van der Waals surface area contributed by atoms with Crippen molar-refractivity contribution in [2.75, 3.05) is 19.0 Å². The minimum absolute atomic E-state index is 0.0881. The van der Waals surface area contributed by atoms with Gasteiger partial charge in [0, 0.05) is 0 Å². The molecular formula is C16H14ClNO5. The summed E-state index contributed by atoms with van der Waals surface area (Å²) in [5.74, 6) is -1.26. The van der Waals surface area contributed by atoms with Gasteiger partial charge < -0.3 is 19.9 Å². The highest BCUT2D eigenvalue weighted by molar-refractivity contribution is 6.33. The van der Waals surface area contributed by atoms with Crippen molar-refractivity contribution in [2.24, 2.45) is 0 Å². The Hall–Kier alpha value is -2.73. The van der Waals surface area contributed by atoms with Crippen LogP contribution in [0, 0.1) is 0 Å². The Morgan fingerprint density at radius 3 is 2.65 bits per heavy atom. The number of para-hydroxylation sites is 1. The van der Waals surface area contributed by atoms with E-state index in [1.165, 1.54) is 25.3 Å². The molecule has 0 aromatic heterocycles. The number of carbonyl (C=O) groups excluding carboxylic acids is 2. The number of hydrogen-bond acceptors (Lipinski definition) is 5. The average Bonchev–Trinajstić information content (AvgIpc) is 2.55. The fourth-order valence-electron chi connectivity index (χ4n) is 1.76. The highest BCUT2D eigenvalue weighted by Gasteiger charge is 2.16. The molecule has 120 valence electrons. The molecule has 0 radical (unpaired) electrons. The number of aromatic hydroxyl groups is 1. The van der Waals surface area contributed by atoms with Crippen LogP contribution in [0.2, 0.25) is 5.02 Å². The fourth-order valence-corrected chi connectivity index (χ4v) is 1.95. The van der Waals surface area contributed by atoms with Crippen molar-refractivity contribution < 1.29 is 24.2 Å². The van der Waals surface area contributed by atoms with Crippen molar-refractivity contribution in [1.29, 1.82) is 0 Å². The number of benzene rings is 2. The van der Waals surface area contributed by atoms with Crippen LogP contribution in [0.4, 0.5) is 5.69 Å². The van der Waals surface area contributed by atoms with Gasteiger partial charge in [-0.15, -0.1) is 0 Å². The first kappa shape index (κ1) is 16.6. The van der Waals surface area contributed by atoms with Gasteiger partial charge >= 0.3 is 5.97 Å². The van der Waals surface area contributed by atoms with Crippen LogP contribution < -0.4 is 10.1 Å². The second-order valence-corrected chi connectivity index (χ2v) is 4.89. The van der Waals surface area contributed by atoms with Gasteiger partial charge in [-0.1, -0.05) is 23.7 Å². The number of hydrogen-bond donors (Lipinski definition) is 2. The van der Waals surface area contributed by atoms with Crippen molar-refractivity contribution in [3.63, 3.8) is 0 Å². The molecule has 2 aromatic carbocycles. The number of carbonyl (C=O) groups is 2. The lowest BCUT2D eigenvalue weighted by atomic mass is 10.2. The van der Waals surface area contributed by atoms with Crippen LogP contribution in [0.25, 0.3) is 0 Å². The van der Waals surface area contributed by atoms with Gasteiger partial charge in [0.05, 0.1) is 17.8 Å². The summed E-state index contributed by atoms with van der Waals surface area (Å²) in [5, 5.41) is 12.6. The second-order valence-electron chi connectivity index (χ2n) is 4.49. The monoisotopic (exact) mass is 335 g/mol. The summed E-state index contributed by atoms with van der Waals surface area (Å²) >= 11 is 5.91. The summed E-state index contributed by atoms with van der Waals surface area (Å²) in [6.45, 7) is -0.513. The average molecular weight is 336 g/mol. The van der Waals surface area contributed by atoms with E-state index in [0.29, 0.717) is 16.5 Å². The van der Waals surface area contributed by atoms with Gasteiger partial charge in [-0.25, -0.2) is 4.79 Å². The van der Waals surface area contributed by atoms with Gasteiger partial charge in [0.25, 0.3) is 5.91 Å². The molecule has 0 saturated carbocycles. The van der Waals surface area contributed by atoms with Gasteiger partial charge in [-0.3, -0.25) is 4.79 Å². The first-order chi connectivity index (χ1) is 11.0. The molecule has 0 aliphatic carbocycles. The molecule has 0 heterocycles. The number of amides is 1. The molecule has 2 rings (SSSR count). The maximum Gasteiger partial charge on any atom is 0.342 e. The number of anilines is 1. The third kappa shape index (κ3) is 4.37. The number of rotatable bonds is 5. The van der Waals surface area contributed by atoms with E-state index in [-0.39, 0.29) is 11.3 Å². The number of phenolic OH excluding ortho intramolecular Hbond substituents is 1. The number of ether oxygens (including phenoxy) is 2. The number of esters is 1. The summed E-state index contributed by atoms with van der Waals surface area (Å²) < 4.78 is 9.84. The van der Waals surface area contributed by atoms with Crippen molar-refractivity contribution in [3.8, 4) is 11.5 Å². The van der Waals surface area contributed by atoms with E-state index in [9.17, 15) is 14.7 Å². The Morgan fingerprint density at radius 2 is 1.96 bits per heavy atom. The lowest BCUT2D eigenvalue weighted by Gasteiger charge is -2.09. The van der Waals surface area contributed by atoms with Crippen LogP contribution in [0.1, 0.15) is 10.4 Å². The van der Waals surface area contributed by atoms with Gasteiger partial charge in [0.1, 0.15) is 17.1 Å². The van der Waals surface area contributed by atoms with Crippen LogP contribution in [0.15, 0.2) is 42.5 Å². The zero-order chi connectivity index (χ0) is 16.8. The Kier molecular flexibility index (Phi) is 5.43. The molecule has 0 aliphatic heterocycles. The van der Waals surface area contributed by atoms with Gasteiger partial charge in [0.15, 0.2) is 6.61 Å². The van der Waals surface area contributed by atoms with Gasteiger partial charge in [-0.2, -0.15) is 0 Å². The van der Waals surface area contributed by atoms with Crippen LogP contribution >= 0.6 is 11.6 Å². The summed E-state index contributed by atoms with van der Waals surface area (Å²) in [6, 6.07) is 10.8. The van der Waals surface area contributed by atoms with Crippen LogP contribution in [0.5, 0.6) is 11.5 Å². The lowest BCUT2D eigenvalue weighted by molar-refractivity contribution is -0.119. The standard InChI is InChI=1S/C16H14ClNO5/c1-22-10-6-7-14(19)11(8-10)16(21)23-9-15(20)18-13-5-3-2-4-12(13)17/h2-8,19H,9H2,1H3,(H,18,20). The number of methoxy groups -OCH3 is 1. The number of nitrogens with one attached hydrogen (secondary N) is 1. The topological polar surface area (TPSA) is 84.9 Å². The summed E-state index contributed by atoms with van der Waals surface area (Å²) in [4.78, 5) is 23.7. The minimum Gasteiger partial charge on any atom is -0.507 e. The predicted molar refractivity (Wildman–Crippen MR) is 85.0 cm³/mol. The zero-order valence-corrected chi connectivity index (χ0v) is 13.0. The highest BCUT2D eigenvalue weighted by atomic mass is 35.5. The molecule has 2 N–H and O–H groups in total. The van der Waals surface area contributed by atoms with E-state index in [2.05, 4.69) is 5.32 Å². The molecule has 0 bridgehead atoms. The molecule has 7 heteroatoms. The Balaban J connectivity index is 1.96. The quantitative estimate of drug-likeness (QED) is 0.821. The van der Waals surface area contributed by atoms with E-state index in [1.54, 1.807) is 24.3 Å². The third-order valence-corrected chi connectivity index (χ3v) is 3.24. The Morgan fingerprint density at radius 1 is 1.22 bits per heavy atom. The van der Waals surface area contributed by atoms with Crippen molar-refractivity contribution >= 4 is 29.2 Å². The lowest BCUT2D eigenvalue weighted by Crippen LogP contribution is -2.21. The van der Waals surface area contributed by atoms with Crippen molar-refractivity contribution in [3.05, 3.63) is 53.1 Å². The maximum atomic E-state index is 11.9. The molecule has 0 atom stereocenters. The molecule has 0 saturated heterocycles. The zero-order valence-electron chi connectivity index (χ0n) is 12.2. The van der Waals surface area contributed by atoms with Gasteiger partial charge in [0.2, 0.25) is 0 Å². The number of phenols is 1. The van der Waals surface area contributed by atoms with Crippen LogP contribution in [-0.2, 0) is 9.53 Å². The molecule has 0 aliphatic rings. The Labute approximate surface area is 137 Å². The van der Waals surface area contributed by atoms with Crippen LogP contribution in [-0.4, -0.2) is 30.7 Å². The van der Waals surface area contributed by atoms with Crippen LogP contribution in [0.3, 0.4) is 0 Å². The van der Waals surface area contributed by atoms with Gasteiger partial charge in [-0.05, 0) is 30.3 Å². The van der Waals surface area contributed by atoms with E-state index < -0.39 is 18.5 Å². The van der Waals surface area contributed by atoms with Crippen molar-refractivity contribution in [1.82, 2.24) is 0 Å². The smallest absolute Gasteiger partial charge is 0.342 e. The molecule has 2 aromatic rings. The highest BCUT2D eigenvalue weighted by Crippen LogP contribution is 2.24. The second kappa shape index (κ2) is 7.51. The van der Waals surface area contributed by atoms with E-state index >= 15 is 0 Å². The molecular weight excluding hydrogens is 322 g/mol. The minimum atomic E-state index is -0.837. The molecule has 0 spiro atoms. The molecule has 0 fully saturated rings. The third-order valence-electron chi connectivity index (χ3n) is 2.91. The maximum absolute atomic E-state index is 11.9. The Bertz CT molecular complexity index is 732. The summed E-state index contributed by atoms with van der Waals surface area (Å²) in [5.41, 5.74) is 0.328. The van der Waals surface area contributed by atoms with E-state index in [1.807, 2.05) is 0 Å². The number of halogens is 1. The SMILES string of the molecule is COc1ccc(O)c(C(=O)OCC(=O)Nc2ccccc2Cl)c1. The summed E-state index contributed by atoms with van der Waals surface area (Å²) in [7, 11) is 1.43. The molecule has 23 heavy (non-hydrogen) atoms. The molecule has 1 amide bonds. The first-order valence-electron chi connectivity index (χ1n) is 6.59. The summed E-state index contributed by atoms with van der Waals surface area (Å²) in [6.07, 6.45) is 0. The normalized spacial score (nSPS) is 10.0. The first-order valence-corrected chi connectivity index (χ1v) is 6.97. The predicted octanol–water partition coefficient (Wildman–Crippen LogP) is 2.85.